The molecule has 1 unspecified atom stereocenters. The van der Waals surface area contributed by atoms with Crippen molar-refractivity contribution in [1.82, 2.24) is 15.2 Å². The molecule has 12 nitrogen and oxygen atoms in total. The molecule has 3 rings (SSSR count). The summed E-state index contributed by atoms with van der Waals surface area (Å²) in [5.74, 6) is 1.83. The Balaban J connectivity index is 1.65. The van der Waals surface area contributed by atoms with Crippen LogP contribution in [0.2, 0.25) is 0 Å². The maximum atomic E-state index is 12.6. The smallest absolute Gasteiger partial charge is 0.328 e. The van der Waals surface area contributed by atoms with Crippen molar-refractivity contribution in [3.8, 4) is 12.0 Å². The van der Waals surface area contributed by atoms with Crippen molar-refractivity contribution in [3.05, 3.63) is 47.0 Å². The lowest BCUT2D eigenvalue weighted by atomic mass is 9.96. The Labute approximate surface area is 225 Å². The number of rotatable bonds is 7. The van der Waals surface area contributed by atoms with Gasteiger partial charge in [-0.15, -0.1) is 0 Å². The number of benzene rings is 1. The number of nitrogens with zero attached hydrogens (tertiary/aromatic N) is 2. The van der Waals surface area contributed by atoms with Crippen molar-refractivity contribution in [2.45, 2.75) is 45.9 Å². The molecule has 0 radical (unpaired) electrons. The zero-order chi connectivity index (χ0) is 28.7. The number of aromatic amines is 1. The van der Waals surface area contributed by atoms with Crippen LogP contribution in [-0.4, -0.2) is 65.3 Å². The predicted octanol–water partition coefficient (Wildman–Crippen LogP) is 2.20. The number of aliphatic hydroxyl groups is 1. The lowest BCUT2D eigenvalue weighted by molar-refractivity contribution is -0.144. The van der Waals surface area contributed by atoms with Crippen molar-refractivity contribution < 1.29 is 33.8 Å². The van der Waals surface area contributed by atoms with Gasteiger partial charge in [0.05, 0.1) is 14.2 Å². The largest absolute Gasteiger partial charge is 0.469 e. The van der Waals surface area contributed by atoms with Gasteiger partial charge in [-0.25, -0.2) is 9.79 Å². The Hall–Kier alpha value is -4.63. The molecule has 206 valence electrons. The van der Waals surface area contributed by atoms with Gasteiger partial charge >= 0.3 is 11.9 Å². The molecule has 0 saturated carbocycles. The third kappa shape index (κ3) is 7.45. The van der Waals surface area contributed by atoms with Gasteiger partial charge in [-0.05, 0) is 42.7 Å². The number of hydrogen-bond acceptors (Lipinski definition) is 9. The average Bonchev–Trinajstić information content (AvgIpc) is 3.33. The fourth-order valence-electron chi connectivity index (χ4n) is 3.39. The van der Waals surface area contributed by atoms with Crippen molar-refractivity contribution >= 4 is 41.7 Å². The highest BCUT2D eigenvalue weighted by molar-refractivity contribution is 5.97. The number of hydrogen-bond donors (Lipinski definition) is 4. The molecule has 1 aromatic carbocycles. The van der Waals surface area contributed by atoms with Gasteiger partial charge in [0, 0.05) is 34.6 Å². The lowest BCUT2D eigenvalue weighted by Crippen LogP contribution is -2.41. The van der Waals surface area contributed by atoms with Gasteiger partial charge in [-0.3, -0.25) is 19.3 Å². The van der Waals surface area contributed by atoms with Crippen LogP contribution in [0.1, 0.15) is 61.3 Å². The number of nitrogens with one attached hydrogen (secondary N) is 3. The number of H-pyrrole nitrogens is 1. The van der Waals surface area contributed by atoms with Crippen LogP contribution in [0.15, 0.2) is 35.3 Å². The number of methoxy groups -OCH3 is 2. The first-order valence-electron chi connectivity index (χ1n) is 12.0. The van der Waals surface area contributed by atoms with Gasteiger partial charge in [0.25, 0.3) is 5.91 Å². The van der Waals surface area contributed by atoms with Crippen LogP contribution < -0.4 is 10.6 Å². The van der Waals surface area contributed by atoms with Crippen LogP contribution in [0.25, 0.3) is 0 Å². The fraction of sp³-hybridized carbons (Fsp3) is 0.370. The highest BCUT2D eigenvalue weighted by Gasteiger charge is 2.27. The molecule has 2 aromatic rings. The van der Waals surface area contributed by atoms with Gasteiger partial charge in [0.15, 0.2) is 6.23 Å². The number of anilines is 1. The minimum absolute atomic E-state index is 0.0294. The molecule has 1 aliphatic rings. The summed E-state index contributed by atoms with van der Waals surface area (Å²) in [6, 6.07) is 9.69. The molecular formula is C27H31N5O7. The zero-order valence-corrected chi connectivity index (χ0v) is 22.3. The second kappa shape index (κ2) is 12.3. The van der Waals surface area contributed by atoms with E-state index in [1.807, 2.05) is 0 Å². The first-order valence-corrected chi connectivity index (χ1v) is 12.0. The van der Waals surface area contributed by atoms with E-state index >= 15 is 0 Å². The Morgan fingerprint density at radius 1 is 1.15 bits per heavy atom. The SMILES string of the molecule is COC(=O)CC[C@@H](NC(=O)c1ccc(C#CN2C=Nc3[nH]c(NC(=O)C(C)(C)C)cc3C2O)cc1)C(=O)OC. The summed E-state index contributed by atoms with van der Waals surface area (Å²) in [6.45, 7) is 5.38. The average molecular weight is 538 g/mol. The molecule has 0 bridgehead atoms. The Kier molecular flexibility index (Phi) is 9.11. The normalized spacial score (nSPS) is 14.8. The van der Waals surface area contributed by atoms with Gasteiger partial charge in [-0.1, -0.05) is 20.8 Å². The first-order chi connectivity index (χ1) is 18.4. The summed E-state index contributed by atoms with van der Waals surface area (Å²) >= 11 is 0. The lowest BCUT2D eigenvalue weighted by Gasteiger charge is -2.22. The van der Waals surface area contributed by atoms with E-state index in [-0.39, 0.29) is 24.3 Å². The number of carbonyl (C=O) groups is 4. The standard InChI is InChI=1S/C27H31N5O7/c1-27(2,3)26(37)31-20-14-18-22(30-20)28-15-32(24(18)35)13-12-16-6-8-17(9-7-16)23(34)29-19(25(36)39-5)10-11-21(33)38-4/h6-9,14-15,19,24,30,35H,10-11H2,1-5H3,(H,29,34)(H,31,37)/t19-,24?/m1/s1. The molecule has 2 atom stereocenters. The third-order valence-corrected chi connectivity index (χ3v) is 5.74. The van der Waals surface area contributed by atoms with Crippen molar-refractivity contribution in [2.24, 2.45) is 10.4 Å². The molecule has 0 aliphatic carbocycles. The number of amides is 2. The molecule has 2 amide bonds. The monoisotopic (exact) mass is 537 g/mol. The van der Waals surface area contributed by atoms with Gasteiger partial charge < -0.3 is 30.2 Å². The van der Waals surface area contributed by atoms with E-state index in [1.165, 1.54) is 37.6 Å². The number of ether oxygens (including phenoxy) is 2. The van der Waals surface area contributed by atoms with E-state index < -0.39 is 35.5 Å². The molecule has 0 spiro atoms. The summed E-state index contributed by atoms with van der Waals surface area (Å²) in [5.41, 5.74) is 0.694. The van der Waals surface area contributed by atoms with Crippen molar-refractivity contribution in [1.29, 1.82) is 0 Å². The van der Waals surface area contributed by atoms with Crippen LogP contribution in [0.4, 0.5) is 11.6 Å². The van der Waals surface area contributed by atoms with Crippen molar-refractivity contribution in [3.63, 3.8) is 0 Å². The van der Waals surface area contributed by atoms with Crippen LogP contribution in [-0.2, 0) is 23.9 Å². The van der Waals surface area contributed by atoms with Gasteiger partial charge in [0.2, 0.25) is 5.91 Å². The number of fused-ring (bicyclic) bond motifs is 1. The number of aliphatic hydroxyl groups excluding tert-OH is 1. The second-order valence-electron chi connectivity index (χ2n) is 9.69. The van der Waals surface area contributed by atoms with E-state index in [0.717, 1.165) is 0 Å². The van der Waals surface area contributed by atoms with Crippen LogP contribution >= 0.6 is 0 Å². The minimum Gasteiger partial charge on any atom is -0.469 e. The number of esters is 2. The number of aliphatic imine (C=N–C) groups is 1. The van der Waals surface area contributed by atoms with Gasteiger partial charge in [0.1, 0.15) is 24.0 Å². The van der Waals surface area contributed by atoms with E-state index in [1.54, 1.807) is 39.0 Å². The Bertz CT molecular complexity index is 1330. The number of carbonyl (C=O) groups excluding carboxylic acids is 4. The second-order valence-corrected chi connectivity index (χ2v) is 9.69. The third-order valence-electron chi connectivity index (χ3n) is 5.74. The maximum absolute atomic E-state index is 12.6. The summed E-state index contributed by atoms with van der Waals surface area (Å²) in [7, 11) is 2.43. The highest BCUT2D eigenvalue weighted by atomic mass is 16.5. The van der Waals surface area contributed by atoms with E-state index in [9.17, 15) is 24.3 Å². The summed E-state index contributed by atoms with van der Waals surface area (Å²) in [6.07, 6.45) is 0.219. The molecule has 39 heavy (non-hydrogen) atoms. The molecule has 4 N–H and O–H groups in total. The summed E-state index contributed by atoms with van der Waals surface area (Å²) in [4.78, 5) is 56.8. The highest BCUT2D eigenvalue weighted by Crippen LogP contribution is 2.33. The Morgan fingerprint density at radius 2 is 1.85 bits per heavy atom. The van der Waals surface area contributed by atoms with Gasteiger partial charge in [-0.2, -0.15) is 0 Å². The zero-order valence-electron chi connectivity index (χ0n) is 22.3. The van der Waals surface area contributed by atoms with Crippen molar-refractivity contribution in [2.75, 3.05) is 19.5 Å². The molecule has 2 heterocycles. The summed E-state index contributed by atoms with van der Waals surface area (Å²) < 4.78 is 9.28. The molecule has 0 fully saturated rings. The quantitative estimate of drug-likeness (QED) is 0.309. The van der Waals surface area contributed by atoms with Crippen LogP contribution in [0.5, 0.6) is 0 Å². The van der Waals surface area contributed by atoms with Crippen LogP contribution in [0, 0.1) is 17.4 Å². The molecule has 0 saturated heterocycles. The van der Waals surface area contributed by atoms with E-state index in [0.29, 0.717) is 22.8 Å². The minimum atomic E-state index is -1.12. The van der Waals surface area contributed by atoms with E-state index in [2.05, 4.69) is 37.3 Å². The first kappa shape index (κ1) is 28.9. The summed E-state index contributed by atoms with van der Waals surface area (Å²) in [5, 5.41) is 16.1. The van der Waals surface area contributed by atoms with E-state index in [4.69, 9.17) is 4.74 Å². The molecule has 1 aliphatic heterocycles. The van der Waals surface area contributed by atoms with Crippen LogP contribution in [0.3, 0.4) is 0 Å². The molecular weight excluding hydrogens is 506 g/mol. The topological polar surface area (TPSA) is 162 Å². The Morgan fingerprint density at radius 3 is 2.46 bits per heavy atom. The molecule has 12 heteroatoms. The fourth-order valence-corrected chi connectivity index (χ4v) is 3.39. The maximum Gasteiger partial charge on any atom is 0.328 e. The molecule has 1 aromatic heterocycles. The predicted molar refractivity (Wildman–Crippen MR) is 142 cm³/mol. The number of aromatic nitrogens is 1.